The molecule has 0 aliphatic heterocycles. The summed E-state index contributed by atoms with van der Waals surface area (Å²) in [6, 6.07) is 1.85. The van der Waals surface area contributed by atoms with Crippen LogP contribution >= 0.6 is 0 Å². The average molecular weight is 300 g/mol. The van der Waals surface area contributed by atoms with Crippen molar-refractivity contribution in [3.05, 3.63) is 36.2 Å². The zero-order valence-electron chi connectivity index (χ0n) is 12.7. The number of anilines is 3. The Morgan fingerprint density at radius 2 is 2.14 bits per heavy atom. The Morgan fingerprint density at radius 1 is 1.36 bits per heavy atom. The van der Waals surface area contributed by atoms with Gasteiger partial charge >= 0.3 is 0 Å². The van der Waals surface area contributed by atoms with E-state index in [2.05, 4.69) is 15.0 Å². The summed E-state index contributed by atoms with van der Waals surface area (Å²) in [6.07, 6.45) is 5.22. The Labute approximate surface area is 127 Å². The molecule has 0 spiro atoms. The number of nitrogens with zero attached hydrogens (tertiary/aromatic N) is 5. The van der Waals surface area contributed by atoms with Gasteiger partial charge in [-0.3, -0.25) is 4.98 Å². The fourth-order valence-corrected chi connectivity index (χ4v) is 2.53. The molecule has 0 amide bonds. The molecule has 0 aromatic carbocycles. The van der Waals surface area contributed by atoms with Gasteiger partial charge in [-0.25, -0.2) is 14.4 Å². The SMILES string of the molecule is CCc1cncc(F)c1N(C)c1cc2c(ncn2C)c(N)n1. The van der Waals surface area contributed by atoms with Crippen LogP contribution < -0.4 is 10.6 Å². The van der Waals surface area contributed by atoms with E-state index in [1.165, 1.54) is 6.20 Å². The lowest BCUT2D eigenvalue weighted by Crippen LogP contribution is -2.16. The van der Waals surface area contributed by atoms with Crippen molar-refractivity contribution in [2.75, 3.05) is 17.7 Å². The third-order valence-electron chi connectivity index (χ3n) is 3.73. The van der Waals surface area contributed by atoms with E-state index in [4.69, 9.17) is 5.73 Å². The van der Waals surface area contributed by atoms with Gasteiger partial charge in [0.15, 0.2) is 11.6 Å². The van der Waals surface area contributed by atoms with E-state index >= 15 is 0 Å². The number of nitrogen functional groups attached to an aromatic ring is 1. The third-order valence-corrected chi connectivity index (χ3v) is 3.73. The minimum Gasteiger partial charge on any atom is -0.382 e. The minimum atomic E-state index is -0.382. The van der Waals surface area contributed by atoms with Crippen molar-refractivity contribution >= 4 is 28.4 Å². The first kappa shape index (κ1) is 14.2. The molecule has 3 aromatic rings. The van der Waals surface area contributed by atoms with Gasteiger partial charge in [-0.05, 0) is 12.0 Å². The van der Waals surface area contributed by atoms with Crippen molar-refractivity contribution in [2.24, 2.45) is 7.05 Å². The van der Waals surface area contributed by atoms with Crippen molar-refractivity contribution in [3.63, 3.8) is 0 Å². The van der Waals surface area contributed by atoms with Crippen LogP contribution in [0.25, 0.3) is 11.0 Å². The van der Waals surface area contributed by atoms with Gasteiger partial charge in [-0.1, -0.05) is 6.92 Å². The molecule has 0 radical (unpaired) electrons. The van der Waals surface area contributed by atoms with Gasteiger partial charge in [-0.15, -0.1) is 0 Å². The van der Waals surface area contributed by atoms with Gasteiger partial charge in [0.05, 0.1) is 23.7 Å². The highest BCUT2D eigenvalue weighted by atomic mass is 19.1. The molecule has 6 nitrogen and oxygen atoms in total. The lowest BCUT2D eigenvalue weighted by molar-refractivity contribution is 0.618. The quantitative estimate of drug-likeness (QED) is 0.804. The molecular weight excluding hydrogens is 283 g/mol. The van der Waals surface area contributed by atoms with E-state index in [1.54, 1.807) is 24.5 Å². The second-order valence-electron chi connectivity index (χ2n) is 5.13. The lowest BCUT2D eigenvalue weighted by atomic mass is 10.1. The van der Waals surface area contributed by atoms with Crippen LogP contribution in [-0.2, 0) is 13.5 Å². The third kappa shape index (κ3) is 2.14. The first-order valence-electron chi connectivity index (χ1n) is 6.96. The number of hydrogen-bond acceptors (Lipinski definition) is 5. The number of pyridine rings is 2. The van der Waals surface area contributed by atoms with Gasteiger partial charge < -0.3 is 15.2 Å². The molecule has 0 saturated heterocycles. The molecule has 0 aliphatic carbocycles. The molecule has 7 heteroatoms. The van der Waals surface area contributed by atoms with Gasteiger partial charge in [0.25, 0.3) is 0 Å². The van der Waals surface area contributed by atoms with Crippen molar-refractivity contribution in [2.45, 2.75) is 13.3 Å². The molecular formula is C15H17FN6. The zero-order valence-corrected chi connectivity index (χ0v) is 12.7. The molecule has 0 fully saturated rings. The van der Waals surface area contributed by atoms with Crippen LogP contribution in [0.4, 0.5) is 21.7 Å². The van der Waals surface area contributed by atoms with Crippen LogP contribution in [0.2, 0.25) is 0 Å². The summed E-state index contributed by atoms with van der Waals surface area (Å²) in [4.78, 5) is 14.2. The summed E-state index contributed by atoms with van der Waals surface area (Å²) in [5.74, 6) is 0.508. The monoisotopic (exact) mass is 300 g/mol. The van der Waals surface area contributed by atoms with E-state index < -0.39 is 0 Å². The highest BCUT2D eigenvalue weighted by Gasteiger charge is 2.17. The highest BCUT2D eigenvalue weighted by Crippen LogP contribution is 2.31. The van der Waals surface area contributed by atoms with Crippen molar-refractivity contribution in [1.29, 1.82) is 0 Å². The zero-order chi connectivity index (χ0) is 15.9. The average Bonchev–Trinajstić information content (AvgIpc) is 2.88. The number of aromatic nitrogens is 4. The second-order valence-corrected chi connectivity index (χ2v) is 5.13. The smallest absolute Gasteiger partial charge is 0.165 e. The minimum absolute atomic E-state index is 0.326. The topological polar surface area (TPSA) is 72.9 Å². The van der Waals surface area contributed by atoms with E-state index in [9.17, 15) is 4.39 Å². The molecule has 0 aliphatic rings. The summed E-state index contributed by atoms with van der Waals surface area (Å²) in [7, 11) is 3.64. The van der Waals surface area contributed by atoms with Crippen LogP contribution in [0, 0.1) is 5.82 Å². The number of halogens is 1. The molecule has 3 rings (SSSR count). The molecule has 114 valence electrons. The summed E-state index contributed by atoms with van der Waals surface area (Å²) in [5, 5.41) is 0. The van der Waals surface area contributed by atoms with Crippen LogP contribution in [-0.4, -0.2) is 26.6 Å². The molecule has 0 atom stereocenters. The number of fused-ring (bicyclic) bond motifs is 1. The predicted octanol–water partition coefficient (Wildman–Crippen LogP) is 2.41. The molecule has 22 heavy (non-hydrogen) atoms. The van der Waals surface area contributed by atoms with Crippen molar-refractivity contribution in [3.8, 4) is 0 Å². The van der Waals surface area contributed by atoms with Gasteiger partial charge in [0.1, 0.15) is 11.3 Å². The standard InChI is InChI=1S/C15H17FN6/c1-4-9-6-18-7-10(16)14(9)22(3)12-5-11-13(15(17)20-12)19-8-21(11)2/h5-8H,4H2,1-3H3,(H2,17,20). The van der Waals surface area contributed by atoms with Crippen LogP contribution in [0.3, 0.4) is 0 Å². The highest BCUT2D eigenvalue weighted by molar-refractivity contribution is 5.88. The predicted molar refractivity (Wildman–Crippen MR) is 84.6 cm³/mol. The maximum Gasteiger partial charge on any atom is 0.165 e. The van der Waals surface area contributed by atoms with Crippen LogP contribution in [0.15, 0.2) is 24.8 Å². The second kappa shape index (κ2) is 5.25. The molecule has 0 unspecified atom stereocenters. The first-order chi connectivity index (χ1) is 10.5. The molecule has 0 bridgehead atoms. The number of imidazole rings is 1. The Bertz CT molecular complexity index is 841. The van der Waals surface area contributed by atoms with E-state index in [0.29, 0.717) is 29.3 Å². The van der Waals surface area contributed by atoms with Gasteiger partial charge in [-0.2, -0.15) is 0 Å². The van der Waals surface area contributed by atoms with Crippen LogP contribution in [0.1, 0.15) is 12.5 Å². The number of aryl methyl sites for hydroxylation is 2. The lowest BCUT2D eigenvalue weighted by Gasteiger charge is -2.22. The number of hydrogen-bond donors (Lipinski definition) is 1. The van der Waals surface area contributed by atoms with Gasteiger partial charge in [0, 0.05) is 26.4 Å². The maximum atomic E-state index is 14.2. The van der Waals surface area contributed by atoms with E-state index in [-0.39, 0.29) is 5.82 Å². The van der Waals surface area contributed by atoms with Crippen molar-refractivity contribution < 1.29 is 4.39 Å². The Kier molecular flexibility index (Phi) is 3.40. The summed E-state index contributed by atoms with van der Waals surface area (Å²) < 4.78 is 16.1. The molecule has 3 aromatic heterocycles. The summed E-state index contributed by atoms with van der Waals surface area (Å²) >= 11 is 0. The summed E-state index contributed by atoms with van der Waals surface area (Å²) in [5.41, 5.74) is 8.74. The van der Waals surface area contributed by atoms with Crippen LogP contribution in [0.5, 0.6) is 0 Å². The van der Waals surface area contributed by atoms with Gasteiger partial charge in [0.2, 0.25) is 0 Å². The normalized spacial score (nSPS) is 11.1. The fourth-order valence-electron chi connectivity index (χ4n) is 2.53. The molecule has 0 saturated carbocycles. The number of rotatable bonds is 3. The van der Waals surface area contributed by atoms with Crippen molar-refractivity contribution in [1.82, 2.24) is 19.5 Å². The van der Waals surface area contributed by atoms with E-state index in [0.717, 1.165) is 11.1 Å². The fraction of sp³-hybridized carbons (Fsp3) is 0.267. The number of nitrogens with two attached hydrogens (primary N) is 1. The summed E-state index contributed by atoms with van der Waals surface area (Å²) in [6.45, 7) is 1.96. The Hall–Kier alpha value is -2.70. The maximum absolute atomic E-state index is 14.2. The molecule has 3 heterocycles. The first-order valence-corrected chi connectivity index (χ1v) is 6.96. The Balaban J connectivity index is 2.17. The van der Waals surface area contributed by atoms with E-state index in [1.807, 2.05) is 24.6 Å². The molecule has 2 N–H and O–H groups in total. The largest absolute Gasteiger partial charge is 0.382 e. The Morgan fingerprint density at radius 3 is 2.86 bits per heavy atom.